The van der Waals surface area contributed by atoms with E-state index in [1.807, 2.05) is 13.8 Å². The summed E-state index contributed by atoms with van der Waals surface area (Å²) in [5.74, 6) is 1.32. The van der Waals surface area contributed by atoms with Gasteiger partial charge in [-0.15, -0.1) is 0 Å². The van der Waals surface area contributed by atoms with E-state index >= 15 is 0 Å². The molecule has 0 spiro atoms. The van der Waals surface area contributed by atoms with Crippen molar-refractivity contribution < 1.29 is 9.47 Å². The number of aromatic amines is 1. The maximum atomic E-state index is 11.2. The average molecular weight is 352 g/mol. The molecule has 0 fully saturated rings. The largest absolute Gasteiger partial charge is 0.490 e. The first kappa shape index (κ1) is 17.7. The number of benzene rings is 1. The van der Waals surface area contributed by atoms with E-state index in [1.54, 1.807) is 19.1 Å². The van der Waals surface area contributed by atoms with Crippen LogP contribution in [0.4, 0.5) is 5.82 Å². The monoisotopic (exact) mass is 351 g/mol. The maximum absolute atomic E-state index is 11.2. The van der Waals surface area contributed by atoms with Crippen molar-refractivity contribution in [3.63, 3.8) is 0 Å². The van der Waals surface area contributed by atoms with Crippen molar-refractivity contribution in [1.82, 2.24) is 15.2 Å². The molecule has 0 aliphatic heterocycles. The molecule has 2 aromatic rings. The second kappa shape index (κ2) is 8.30. The van der Waals surface area contributed by atoms with Gasteiger partial charge in [0.15, 0.2) is 17.3 Å². The molecule has 0 aliphatic rings. The van der Waals surface area contributed by atoms with Gasteiger partial charge in [0.05, 0.1) is 24.5 Å². The molecule has 1 heterocycles. The van der Waals surface area contributed by atoms with Gasteiger partial charge in [0.2, 0.25) is 0 Å². The lowest BCUT2D eigenvalue weighted by molar-refractivity contribution is 0.288. The molecular weight excluding hydrogens is 334 g/mol. The molecule has 9 heteroatoms. The quantitative estimate of drug-likeness (QED) is 0.586. The summed E-state index contributed by atoms with van der Waals surface area (Å²) in [6.45, 7) is 6.41. The Kier molecular flexibility index (Phi) is 6.14. The minimum absolute atomic E-state index is 0.275. The van der Waals surface area contributed by atoms with Crippen molar-refractivity contribution in [2.45, 2.75) is 20.8 Å². The molecule has 8 nitrogen and oxygen atoms in total. The second-order valence-electron chi connectivity index (χ2n) is 4.64. The smallest absolute Gasteiger partial charge is 0.363 e. The van der Waals surface area contributed by atoms with Crippen LogP contribution < -0.4 is 20.6 Å². The van der Waals surface area contributed by atoms with Crippen LogP contribution in [0, 0.1) is 6.92 Å². The van der Waals surface area contributed by atoms with Gasteiger partial charge in [-0.05, 0) is 38.5 Å². The third-order valence-electron chi connectivity index (χ3n) is 2.88. The molecule has 0 radical (unpaired) electrons. The SMILES string of the molecule is CCOc1cc(/C=N/Nc2nc(=O)[nH]nc2C)cc(Cl)c1OCC. The fourth-order valence-corrected chi connectivity index (χ4v) is 2.15. The van der Waals surface area contributed by atoms with E-state index in [1.165, 1.54) is 6.21 Å². The van der Waals surface area contributed by atoms with E-state index in [9.17, 15) is 4.79 Å². The summed E-state index contributed by atoms with van der Waals surface area (Å²) in [6.07, 6.45) is 1.53. The fraction of sp³-hybridized carbons (Fsp3) is 0.333. The number of H-pyrrole nitrogens is 1. The molecule has 2 rings (SSSR count). The molecular formula is C15H18ClN5O3. The molecule has 128 valence electrons. The first-order chi connectivity index (χ1) is 11.5. The Morgan fingerprint density at radius 1 is 1.33 bits per heavy atom. The predicted molar refractivity (Wildman–Crippen MR) is 92.4 cm³/mol. The van der Waals surface area contributed by atoms with Crippen molar-refractivity contribution in [2.24, 2.45) is 5.10 Å². The predicted octanol–water partition coefficient (Wildman–Crippen LogP) is 2.37. The van der Waals surface area contributed by atoms with Crippen LogP contribution in [0.2, 0.25) is 5.02 Å². The zero-order chi connectivity index (χ0) is 17.5. The van der Waals surface area contributed by atoms with Gasteiger partial charge >= 0.3 is 5.69 Å². The molecule has 1 aromatic heterocycles. The lowest BCUT2D eigenvalue weighted by Crippen LogP contribution is -2.15. The number of anilines is 1. The summed E-state index contributed by atoms with van der Waals surface area (Å²) in [5.41, 5.74) is 3.34. The number of aromatic nitrogens is 3. The number of ether oxygens (including phenoxy) is 2. The Morgan fingerprint density at radius 2 is 2.08 bits per heavy atom. The normalized spacial score (nSPS) is 10.8. The van der Waals surface area contributed by atoms with Gasteiger partial charge in [0.1, 0.15) is 5.69 Å². The second-order valence-corrected chi connectivity index (χ2v) is 5.05. The Balaban J connectivity index is 2.22. The molecule has 0 saturated heterocycles. The van der Waals surface area contributed by atoms with Crippen LogP contribution in [0.1, 0.15) is 25.1 Å². The van der Waals surface area contributed by atoms with E-state index in [0.717, 1.165) is 0 Å². The number of rotatable bonds is 7. The number of aryl methyl sites for hydroxylation is 1. The van der Waals surface area contributed by atoms with Gasteiger partial charge in [0.25, 0.3) is 0 Å². The van der Waals surface area contributed by atoms with E-state index in [0.29, 0.717) is 41.0 Å². The summed E-state index contributed by atoms with van der Waals surface area (Å²) >= 11 is 6.24. The minimum atomic E-state index is -0.555. The van der Waals surface area contributed by atoms with E-state index in [2.05, 4.69) is 25.7 Å². The standard InChI is InChI=1S/C15H18ClN5O3/c1-4-23-12-7-10(6-11(16)13(12)24-5-2)8-17-20-14-9(3)19-21-15(22)18-14/h6-8H,4-5H2,1-3H3,(H2,18,20,21,22)/b17-8+. The molecule has 1 aromatic carbocycles. The minimum Gasteiger partial charge on any atom is -0.490 e. The van der Waals surface area contributed by atoms with Crippen molar-refractivity contribution in [3.8, 4) is 11.5 Å². The van der Waals surface area contributed by atoms with Crippen LogP contribution in [0.5, 0.6) is 11.5 Å². The fourth-order valence-electron chi connectivity index (χ4n) is 1.88. The van der Waals surface area contributed by atoms with Crippen molar-refractivity contribution in [1.29, 1.82) is 0 Å². The van der Waals surface area contributed by atoms with Crippen LogP contribution in [-0.2, 0) is 0 Å². The van der Waals surface area contributed by atoms with Gasteiger partial charge in [-0.25, -0.2) is 9.89 Å². The topological polar surface area (TPSA) is 101 Å². The zero-order valence-corrected chi connectivity index (χ0v) is 14.3. The third kappa shape index (κ3) is 4.45. The molecule has 2 N–H and O–H groups in total. The van der Waals surface area contributed by atoms with Gasteiger partial charge in [-0.2, -0.15) is 15.2 Å². The average Bonchev–Trinajstić information content (AvgIpc) is 2.54. The Hall–Kier alpha value is -2.61. The molecule has 0 saturated carbocycles. The molecule has 24 heavy (non-hydrogen) atoms. The van der Waals surface area contributed by atoms with Gasteiger partial charge < -0.3 is 9.47 Å². The Labute approximate surface area is 143 Å². The van der Waals surface area contributed by atoms with E-state index < -0.39 is 5.69 Å². The first-order valence-electron chi connectivity index (χ1n) is 7.36. The highest BCUT2D eigenvalue weighted by molar-refractivity contribution is 6.32. The van der Waals surface area contributed by atoms with Crippen LogP contribution in [0.15, 0.2) is 22.0 Å². The van der Waals surface area contributed by atoms with Crippen LogP contribution in [0.25, 0.3) is 0 Å². The first-order valence-corrected chi connectivity index (χ1v) is 7.74. The molecule has 0 bridgehead atoms. The molecule has 0 amide bonds. The lowest BCUT2D eigenvalue weighted by Gasteiger charge is -2.13. The highest BCUT2D eigenvalue weighted by atomic mass is 35.5. The lowest BCUT2D eigenvalue weighted by atomic mass is 10.2. The van der Waals surface area contributed by atoms with Crippen LogP contribution in [0.3, 0.4) is 0 Å². The van der Waals surface area contributed by atoms with Crippen molar-refractivity contribution in [3.05, 3.63) is 38.9 Å². The summed E-state index contributed by atoms with van der Waals surface area (Å²) in [7, 11) is 0. The number of hydrazone groups is 1. The summed E-state index contributed by atoms with van der Waals surface area (Å²) in [5, 5.41) is 10.5. The van der Waals surface area contributed by atoms with Gasteiger partial charge in [-0.1, -0.05) is 11.6 Å². The number of hydrogen-bond acceptors (Lipinski definition) is 7. The summed E-state index contributed by atoms with van der Waals surface area (Å²) in [4.78, 5) is 14.9. The van der Waals surface area contributed by atoms with Gasteiger partial charge in [-0.3, -0.25) is 5.43 Å². The summed E-state index contributed by atoms with van der Waals surface area (Å²) < 4.78 is 11.1. The highest BCUT2D eigenvalue weighted by Crippen LogP contribution is 2.36. The Morgan fingerprint density at radius 3 is 2.79 bits per heavy atom. The number of halogens is 1. The summed E-state index contributed by atoms with van der Waals surface area (Å²) in [6, 6.07) is 3.47. The maximum Gasteiger partial charge on any atom is 0.363 e. The molecule has 0 aliphatic carbocycles. The van der Waals surface area contributed by atoms with Gasteiger partial charge in [0, 0.05) is 0 Å². The van der Waals surface area contributed by atoms with Crippen LogP contribution >= 0.6 is 11.6 Å². The van der Waals surface area contributed by atoms with Crippen molar-refractivity contribution in [2.75, 3.05) is 18.6 Å². The van der Waals surface area contributed by atoms with Crippen molar-refractivity contribution >= 4 is 23.6 Å². The number of hydrogen-bond donors (Lipinski definition) is 2. The van der Waals surface area contributed by atoms with E-state index in [-0.39, 0.29) is 5.82 Å². The molecule has 0 atom stereocenters. The Bertz CT molecular complexity index is 791. The number of nitrogens with zero attached hydrogens (tertiary/aromatic N) is 3. The highest BCUT2D eigenvalue weighted by Gasteiger charge is 2.11. The zero-order valence-electron chi connectivity index (χ0n) is 13.6. The van der Waals surface area contributed by atoms with E-state index in [4.69, 9.17) is 21.1 Å². The molecule has 0 unspecified atom stereocenters. The third-order valence-corrected chi connectivity index (χ3v) is 3.16. The number of nitrogens with one attached hydrogen (secondary N) is 2. The van der Waals surface area contributed by atoms with Crippen LogP contribution in [-0.4, -0.2) is 34.6 Å².